The molecule has 1 saturated carbocycles. The first kappa shape index (κ1) is 20.7. The first-order valence-corrected chi connectivity index (χ1v) is 11.1. The Kier molecular flexibility index (Phi) is 6.24. The summed E-state index contributed by atoms with van der Waals surface area (Å²) in [5.41, 5.74) is 1.30. The van der Waals surface area contributed by atoms with Gasteiger partial charge >= 0.3 is 0 Å². The predicted octanol–water partition coefficient (Wildman–Crippen LogP) is 4.99. The summed E-state index contributed by atoms with van der Waals surface area (Å²) in [6.45, 7) is 3.09. The highest BCUT2D eigenvalue weighted by Gasteiger charge is 2.50. The van der Waals surface area contributed by atoms with Crippen molar-refractivity contribution in [2.24, 2.45) is 5.92 Å². The van der Waals surface area contributed by atoms with Crippen LogP contribution in [0.4, 0.5) is 0 Å². The molecule has 4 nitrogen and oxygen atoms in total. The number of ether oxygens (including phenoxy) is 1. The number of aliphatic hydroxyl groups is 1. The van der Waals surface area contributed by atoms with E-state index in [0.717, 1.165) is 42.6 Å². The molecule has 0 spiro atoms. The molecule has 0 unspecified atom stereocenters. The summed E-state index contributed by atoms with van der Waals surface area (Å²) in [4.78, 5) is 15.3. The van der Waals surface area contributed by atoms with E-state index in [0.29, 0.717) is 19.6 Å². The lowest BCUT2D eigenvalue weighted by atomic mass is 9.66. The van der Waals surface area contributed by atoms with Crippen LogP contribution in [0.2, 0.25) is 0 Å². The normalized spacial score (nSPS) is 26.4. The molecule has 4 rings (SSSR count). The molecule has 2 aromatic carbocycles. The van der Waals surface area contributed by atoms with Crippen molar-refractivity contribution in [3.05, 3.63) is 71.8 Å². The van der Waals surface area contributed by atoms with Crippen molar-refractivity contribution in [2.75, 3.05) is 13.2 Å². The number of fused-ring (bicyclic) bond motifs is 1. The van der Waals surface area contributed by atoms with Crippen LogP contribution >= 0.6 is 0 Å². The van der Waals surface area contributed by atoms with Crippen molar-refractivity contribution in [3.8, 4) is 5.75 Å². The number of nitrogens with zero attached hydrogens (tertiary/aromatic N) is 1. The highest BCUT2D eigenvalue weighted by Crippen LogP contribution is 2.50. The number of piperidine rings is 1. The van der Waals surface area contributed by atoms with Crippen molar-refractivity contribution in [1.29, 1.82) is 0 Å². The fraction of sp³-hybridized carbons (Fsp3) is 0.423. The van der Waals surface area contributed by atoms with Crippen molar-refractivity contribution < 1.29 is 14.6 Å². The second-order valence-electron chi connectivity index (χ2n) is 8.40. The molecule has 4 heteroatoms. The largest absolute Gasteiger partial charge is 0.494 e. The number of rotatable bonds is 5. The molecule has 1 amide bonds. The minimum atomic E-state index is -0.706. The van der Waals surface area contributed by atoms with Gasteiger partial charge in [0.2, 0.25) is 5.91 Å². The Morgan fingerprint density at radius 3 is 2.70 bits per heavy atom. The fourth-order valence-corrected chi connectivity index (χ4v) is 5.15. The van der Waals surface area contributed by atoms with E-state index in [2.05, 4.69) is 6.07 Å². The van der Waals surface area contributed by atoms with Crippen LogP contribution in [0.5, 0.6) is 5.75 Å². The number of likely N-dealkylation sites (tertiary alicyclic amines) is 1. The first-order chi connectivity index (χ1) is 14.6. The van der Waals surface area contributed by atoms with Crippen LogP contribution in [0.3, 0.4) is 0 Å². The van der Waals surface area contributed by atoms with E-state index in [9.17, 15) is 9.90 Å². The van der Waals surface area contributed by atoms with Gasteiger partial charge in [-0.3, -0.25) is 4.79 Å². The summed E-state index contributed by atoms with van der Waals surface area (Å²) in [6.07, 6.45) is 8.04. The van der Waals surface area contributed by atoms with Gasteiger partial charge in [0.15, 0.2) is 0 Å². The van der Waals surface area contributed by atoms with E-state index in [1.165, 1.54) is 0 Å². The number of amides is 1. The van der Waals surface area contributed by atoms with E-state index in [4.69, 9.17) is 4.74 Å². The molecular weight excluding hydrogens is 374 g/mol. The maximum atomic E-state index is 13.3. The number of hydrogen-bond donors (Lipinski definition) is 1. The summed E-state index contributed by atoms with van der Waals surface area (Å²) in [6, 6.07) is 17.7. The summed E-state index contributed by atoms with van der Waals surface area (Å²) in [5, 5.41) is 11.5. The molecular formula is C26H31NO3. The average molecular weight is 406 g/mol. The van der Waals surface area contributed by atoms with E-state index in [1.54, 1.807) is 6.08 Å². The zero-order valence-electron chi connectivity index (χ0n) is 17.7. The Bertz CT molecular complexity index is 894. The minimum Gasteiger partial charge on any atom is -0.494 e. The Morgan fingerprint density at radius 1 is 1.13 bits per heavy atom. The van der Waals surface area contributed by atoms with Crippen molar-refractivity contribution in [3.63, 3.8) is 0 Å². The monoisotopic (exact) mass is 405 g/mol. The van der Waals surface area contributed by atoms with Gasteiger partial charge in [0.05, 0.1) is 18.2 Å². The zero-order valence-corrected chi connectivity index (χ0v) is 17.7. The molecule has 0 radical (unpaired) electrons. The van der Waals surface area contributed by atoms with Gasteiger partial charge in [-0.25, -0.2) is 0 Å². The number of benzene rings is 2. The maximum Gasteiger partial charge on any atom is 0.247 e. The summed E-state index contributed by atoms with van der Waals surface area (Å²) < 4.78 is 5.92. The second-order valence-corrected chi connectivity index (χ2v) is 8.40. The smallest absolute Gasteiger partial charge is 0.247 e. The maximum absolute atomic E-state index is 13.3. The molecule has 1 heterocycles. The van der Waals surface area contributed by atoms with Crippen LogP contribution in [0.1, 0.15) is 56.2 Å². The number of carbonyl (C=O) groups is 1. The van der Waals surface area contributed by atoms with Gasteiger partial charge in [0.1, 0.15) is 5.75 Å². The third-order valence-electron chi connectivity index (χ3n) is 6.61. The summed E-state index contributed by atoms with van der Waals surface area (Å²) in [7, 11) is 0. The van der Waals surface area contributed by atoms with Gasteiger partial charge < -0.3 is 14.7 Å². The lowest BCUT2D eigenvalue weighted by Gasteiger charge is -2.52. The van der Waals surface area contributed by atoms with Crippen LogP contribution in [0.25, 0.3) is 6.08 Å². The Labute approximate surface area is 179 Å². The van der Waals surface area contributed by atoms with Crippen molar-refractivity contribution in [1.82, 2.24) is 4.90 Å². The van der Waals surface area contributed by atoms with Gasteiger partial charge in [-0.05, 0) is 43.9 Å². The first-order valence-electron chi connectivity index (χ1n) is 11.1. The van der Waals surface area contributed by atoms with Crippen molar-refractivity contribution >= 4 is 12.0 Å². The quantitative estimate of drug-likeness (QED) is 0.713. The molecule has 1 aliphatic heterocycles. The van der Waals surface area contributed by atoms with E-state index in [1.807, 2.05) is 66.4 Å². The number of para-hydroxylation sites is 1. The van der Waals surface area contributed by atoms with E-state index >= 15 is 0 Å². The highest BCUT2D eigenvalue weighted by molar-refractivity contribution is 5.92. The average Bonchev–Trinajstić information content (AvgIpc) is 2.78. The van der Waals surface area contributed by atoms with Gasteiger partial charge in [0, 0.05) is 24.1 Å². The van der Waals surface area contributed by atoms with Gasteiger partial charge in [0.25, 0.3) is 0 Å². The van der Waals surface area contributed by atoms with Gasteiger partial charge in [-0.2, -0.15) is 0 Å². The molecule has 0 aromatic heterocycles. The third-order valence-corrected chi connectivity index (χ3v) is 6.61. The zero-order chi connectivity index (χ0) is 21.0. The molecule has 2 aromatic rings. The number of hydrogen-bond acceptors (Lipinski definition) is 3. The highest BCUT2D eigenvalue weighted by atomic mass is 16.5. The Morgan fingerprint density at radius 2 is 1.90 bits per heavy atom. The van der Waals surface area contributed by atoms with E-state index < -0.39 is 5.60 Å². The third kappa shape index (κ3) is 4.15. The molecule has 1 N–H and O–H groups in total. The lowest BCUT2D eigenvalue weighted by molar-refractivity contribution is -0.151. The molecule has 3 atom stereocenters. The molecule has 0 bridgehead atoms. The van der Waals surface area contributed by atoms with Gasteiger partial charge in [-0.1, -0.05) is 61.4 Å². The molecule has 2 fully saturated rings. The summed E-state index contributed by atoms with van der Waals surface area (Å²) in [5.74, 6) is 0.822. The van der Waals surface area contributed by atoms with Crippen LogP contribution in [0, 0.1) is 5.92 Å². The van der Waals surface area contributed by atoms with Crippen molar-refractivity contribution in [2.45, 2.75) is 50.7 Å². The summed E-state index contributed by atoms with van der Waals surface area (Å²) >= 11 is 0. The van der Waals surface area contributed by atoms with Crippen LogP contribution < -0.4 is 4.74 Å². The second kappa shape index (κ2) is 9.05. The molecule has 158 valence electrons. The number of carbonyl (C=O) groups excluding carboxylic acids is 1. The van der Waals surface area contributed by atoms with Gasteiger partial charge in [-0.15, -0.1) is 0 Å². The van der Waals surface area contributed by atoms with Crippen LogP contribution in [-0.4, -0.2) is 34.7 Å². The molecule has 30 heavy (non-hydrogen) atoms. The molecule has 1 aliphatic carbocycles. The fourth-order valence-electron chi connectivity index (χ4n) is 5.15. The lowest BCUT2D eigenvalue weighted by Crippen LogP contribution is -2.56. The van der Waals surface area contributed by atoms with Crippen LogP contribution in [-0.2, 0) is 4.79 Å². The SMILES string of the molecule is CCOc1ccccc1[C@@H]1[C@@H]2CCCC[C@]2(O)CCN1C(=O)/C=C/c1ccccc1. The predicted molar refractivity (Wildman–Crippen MR) is 119 cm³/mol. The molecule has 2 aliphatic rings. The molecule has 1 saturated heterocycles. The Hall–Kier alpha value is -2.59. The minimum absolute atomic E-state index is 0.0113. The topological polar surface area (TPSA) is 49.8 Å². The Balaban J connectivity index is 1.70. The van der Waals surface area contributed by atoms with Crippen LogP contribution in [0.15, 0.2) is 60.7 Å². The van der Waals surface area contributed by atoms with E-state index in [-0.39, 0.29) is 17.9 Å². The standard InChI is InChI=1S/C26H31NO3/c1-2-30-23-14-7-6-12-21(23)25-22-13-8-9-17-26(22,29)18-19-27(25)24(28)16-15-20-10-4-3-5-11-20/h3-7,10-12,14-16,22,25,29H,2,8-9,13,17-19H2,1H3/b16-15+/t22-,25+,26-/m0/s1.